The summed E-state index contributed by atoms with van der Waals surface area (Å²) in [6.45, 7) is 5.55. The topological polar surface area (TPSA) is 50.6 Å². The first-order chi connectivity index (χ1) is 13.6. The van der Waals surface area contributed by atoms with Crippen LogP contribution in [0.3, 0.4) is 0 Å². The Hall–Kier alpha value is -2.93. The molecule has 0 unspecified atom stereocenters. The van der Waals surface area contributed by atoms with Crippen LogP contribution in [0.5, 0.6) is 0 Å². The fraction of sp³-hybridized carbons (Fsp3) is 0.333. The smallest absolute Gasteiger partial charge is 0.324 e. The molecule has 0 bridgehead atoms. The lowest BCUT2D eigenvalue weighted by Crippen LogP contribution is -2.49. The van der Waals surface area contributed by atoms with Gasteiger partial charge in [-0.2, -0.15) is 5.10 Å². The van der Waals surface area contributed by atoms with Crippen LogP contribution in [-0.4, -0.2) is 53.6 Å². The summed E-state index contributed by atoms with van der Waals surface area (Å²) in [5.74, 6) is -0.336. The fourth-order valence-electron chi connectivity index (χ4n) is 4.04. The summed E-state index contributed by atoms with van der Waals surface area (Å²) in [6, 6.07) is 12.2. The molecule has 2 aliphatic rings. The zero-order valence-electron chi connectivity index (χ0n) is 15.6. The third-order valence-corrected chi connectivity index (χ3v) is 5.53. The molecule has 0 spiro atoms. The molecule has 3 heterocycles. The van der Waals surface area contributed by atoms with Gasteiger partial charge < -0.3 is 9.64 Å². The molecule has 2 fully saturated rings. The SMILES string of the molecule is CC1(CN2CCN(c3cccc4c3cnn4-c3ccccc3F)C2=O)COC1. The van der Waals surface area contributed by atoms with Gasteiger partial charge in [-0.15, -0.1) is 0 Å². The third-order valence-electron chi connectivity index (χ3n) is 5.53. The van der Waals surface area contributed by atoms with E-state index in [1.54, 1.807) is 34.0 Å². The molecule has 0 N–H and O–H groups in total. The number of urea groups is 1. The van der Waals surface area contributed by atoms with Gasteiger partial charge in [0.05, 0.1) is 30.6 Å². The largest absolute Gasteiger partial charge is 0.380 e. The number of hydrogen-bond donors (Lipinski definition) is 0. The number of anilines is 1. The van der Waals surface area contributed by atoms with E-state index < -0.39 is 0 Å². The molecule has 1 aromatic heterocycles. The van der Waals surface area contributed by atoms with E-state index in [2.05, 4.69) is 12.0 Å². The average molecular weight is 380 g/mol. The zero-order valence-corrected chi connectivity index (χ0v) is 15.6. The Labute approximate surface area is 162 Å². The van der Waals surface area contributed by atoms with Crippen molar-refractivity contribution in [2.24, 2.45) is 5.41 Å². The maximum Gasteiger partial charge on any atom is 0.324 e. The quantitative estimate of drug-likeness (QED) is 0.697. The summed E-state index contributed by atoms with van der Waals surface area (Å²) in [5, 5.41) is 5.23. The van der Waals surface area contributed by atoms with Crippen molar-refractivity contribution < 1.29 is 13.9 Å². The molecule has 0 saturated carbocycles. The Morgan fingerprint density at radius 2 is 1.89 bits per heavy atom. The van der Waals surface area contributed by atoms with Crippen LogP contribution < -0.4 is 4.90 Å². The van der Waals surface area contributed by atoms with Crippen LogP contribution in [-0.2, 0) is 4.74 Å². The van der Waals surface area contributed by atoms with Gasteiger partial charge in [0, 0.05) is 30.4 Å². The molecule has 3 aromatic rings. The van der Waals surface area contributed by atoms with Gasteiger partial charge in [-0.25, -0.2) is 13.9 Å². The summed E-state index contributed by atoms with van der Waals surface area (Å²) in [5.41, 5.74) is 2.02. The molecule has 2 aromatic carbocycles. The molecule has 6 nitrogen and oxygen atoms in total. The van der Waals surface area contributed by atoms with Gasteiger partial charge in [-0.05, 0) is 24.3 Å². The summed E-state index contributed by atoms with van der Waals surface area (Å²) >= 11 is 0. The van der Waals surface area contributed by atoms with Crippen LogP contribution >= 0.6 is 0 Å². The zero-order chi connectivity index (χ0) is 19.3. The average Bonchev–Trinajstić information content (AvgIpc) is 3.25. The van der Waals surface area contributed by atoms with E-state index in [0.717, 1.165) is 16.6 Å². The lowest BCUT2D eigenvalue weighted by Gasteiger charge is -2.40. The van der Waals surface area contributed by atoms with E-state index >= 15 is 0 Å². The molecule has 0 atom stereocenters. The number of aromatic nitrogens is 2. The van der Waals surface area contributed by atoms with Gasteiger partial charge in [-0.3, -0.25) is 4.90 Å². The number of halogens is 1. The maximum atomic E-state index is 14.2. The molecular formula is C21H21FN4O2. The van der Waals surface area contributed by atoms with Gasteiger partial charge in [0.15, 0.2) is 0 Å². The van der Waals surface area contributed by atoms with Gasteiger partial charge in [0.2, 0.25) is 0 Å². The van der Waals surface area contributed by atoms with E-state index in [0.29, 0.717) is 38.5 Å². The molecule has 144 valence electrons. The summed E-state index contributed by atoms with van der Waals surface area (Å²) in [6.07, 6.45) is 1.70. The molecule has 7 heteroatoms. The van der Waals surface area contributed by atoms with E-state index in [-0.39, 0.29) is 17.3 Å². The number of carbonyl (C=O) groups is 1. The Bertz CT molecular complexity index is 1060. The monoisotopic (exact) mass is 380 g/mol. The second-order valence-electron chi connectivity index (χ2n) is 7.88. The first-order valence-electron chi connectivity index (χ1n) is 9.42. The molecule has 0 radical (unpaired) electrons. The lowest BCUT2D eigenvalue weighted by atomic mass is 9.88. The number of benzene rings is 2. The van der Waals surface area contributed by atoms with Gasteiger partial charge in [-0.1, -0.05) is 25.1 Å². The summed E-state index contributed by atoms with van der Waals surface area (Å²) < 4.78 is 21.1. The Morgan fingerprint density at radius 1 is 1.11 bits per heavy atom. The van der Waals surface area contributed by atoms with E-state index in [9.17, 15) is 9.18 Å². The van der Waals surface area contributed by atoms with Crippen molar-refractivity contribution in [3.8, 4) is 5.69 Å². The third kappa shape index (κ3) is 2.65. The minimum Gasteiger partial charge on any atom is -0.380 e. The Balaban J connectivity index is 1.49. The van der Waals surface area contributed by atoms with Crippen molar-refractivity contribution in [1.82, 2.24) is 14.7 Å². The minimum absolute atomic E-state index is 0.000679. The number of nitrogens with zero attached hydrogens (tertiary/aromatic N) is 4. The molecule has 28 heavy (non-hydrogen) atoms. The first-order valence-corrected chi connectivity index (χ1v) is 9.42. The molecule has 2 saturated heterocycles. The summed E-state index contributed by atoms with van der Waals surface area (Å²) in [7, 11) is 0. The van der Waals surface area contributed by atoms with Crippen LogP contribution in [0.2, 0.25) is 0 Å². The molecule has 0 aliphatic carbocycles. The van der Waals surface area contributed by atoms with Crippen LogP contribution in [0.25, 0.3) is 16.6 Å². The van der Waals surface area contributed by atoms with Crippen molar-refractivity contribution in [2.45, 2.75) is 6.92 Å². The first kappa shape index (κ1) is 17.2. The van der Waals surface area contributed by atoms with Crippen molar-refractivity contribution in [2.75, 3.05) is 37.7 Å². The van der Waals surface area contributed by atoms with Crippen molar-refractivity contribution in [1.29, 1.82) is 0 Å². The molecular weight excluding hydrogens is 359 g/mol. The maximum absolute atomic E-state index is 14.2. The number of fused-ring (bicyclic) bond motifs is 1. The second-order valence-corrected chi connectivity index (χ2v) is 7.88. The predicted molar refractivity (Wildman–Crippen MR) is 104 cm³/mol. The van der Waals surface area contributed by atoms with Crippen LogP contribution in [0.15, 0.2) is 48.7 Å². The molecule has 2 aliphatic heterocycles. The van der Waals surface area contributed by atoms with E-state index in [1.807, 2.05) is 23.1 Å². The number of ether oxygens (including phenoxy) is 1. The highest BCUT2D eigenvalue weighted by Crippen LogP contribution is 2.33. The second kappa shape index (κ2) is 6.31. The molecule has 5 rings (SSSR count). The summed E-state index contributed by atoms with van der Waals surface area (Å²) in [4.78, 5) is 16.7. The van der Waals surface area contributed by atoms with Gasteiger partial charge in [0.25, 0.3) is 0 Å². The normalized spacial score (nSPS) is 18.7. The highest BCUT2D eigenvalue weighted by Gasteiger charge is 2.40. The minimum atomic E-state index is -0.336. The number of amides is 2. The van der Waals surface area contributed by atoms with Crippen molar-refractivity contribution >= 4 is 22.6 Å². The standard InChI is InChI=1S/C21H21FN4O2/c1-21(13-28-14-21)12-24-9-10-25(20(24)27)17-7-4-8-18-15(17)11-23-26(18)19-6-3-2-5-16(19)22/h2-8,11H,9-10,12-14H2,1H3. The number of para-hydroxylation sites is 1. The van der Waals surface area contributed by atoms with Crippen molar-refractivity contribution in [3.05, 3.63) is 54.5 Å². The van der Waals surface area contributed by atoms with Gasteiger partial charge >= 0.3 is 6.03 Å². The van der Waals surface area contributed by atoms with Gasteiger partial charge in [0.1, 0.15) is 11.5 Å². The Kier molecular flexibility index (Phi) is 3.87. The lowest BCUT2D eigenvalue weighted by molar-refractivity contribution is -0.109. The van der Waals surface area contributed by atoms with Crippen LogP contribution in [0.4, 0.5) is 14.9 Å². The Morgan fingerprint density at radius 3 is 2.64 bits per heavy atom. The van der Waals surface area contributed by atoms with E-state index in [4.69, 9.17) is 4.74 Å². The number of rotatable bonds is 4. The van der Waals surface area contributed by atoms with E-state index in [1.165, 1.54) is 6.07 Å². The number of carbonyl (C=O) groups excluding carboxylic acids is 1. The van der Waals surface area contributed by atoms with Crippen LogP contribution in [0.1, 0.15) is 6.92 Å². The highest BCUT2D eigenvalue weighted by molar-refractivity contribution is 6.03. The highest BCUT2D eigenvalue weighted by atomic mass is 19.1. The van der Waals surface area contributed by atoms with Crippen LogP contribution in [0, 0.1) is 11.2 Å². The predicted octanol–water partition coefficient (Wildman–Crippen LogP) is 3.44. The number of hydrogen-bond acceptors (Lipinski definition) is 3. The van der Waals surface area contributed by atoms with Crippen molar-refractivity contribution in [3.63, 3.8) is 0 Å². The molecule has 2 amide bonds. The fourth-order valence-corrected chi connectivity index (χ4v) is 4.04.